The summed E-state index contributed by atoms with van der Waals surface area (Å²) in [5.41, 5.74) is -0.115. The molecule has 0 saturated carbocycles. The first kappa shape index (κ1) is 24.1. The summed E-state index contributed by atoms with van der Waals surface area (Å²) in [5, 5.41) is 62.8. The smallest absolute Gasteiger partial charge is 0.339 e. The minimum absolute atomic E-state index is 0.00697. The van der Waals surface area contributed by atoms with Gasteiger partial charge in [-0.3, -0.25) is 4.79 Å². The highest BCUT2D eigenvalue weighted by Crippen LogP contribution is 2.27. The van der Waals surface area contributed by atoms with E-state index in [2.05, 4.69) is 5.32 Å². The number of hydrogen-bond acceptors (Lipinski definition) is 7. The third kappa shape index (κ3) is 5.91. The molecule has 2 rings (SSSR count). The summed E-state index contributed by atoms with van der Waals surface area (Å²) in [4.78, 5) is 23.9. The van der Waals surface area contributed by atoms with Crippen molar-refractivity contribution >= 4 is 11.9 Å². The lowest BCUT2D eigenvalue weighted by Crippen LogP contribution is -2.53. The molecule has 1 heterocycles. The number of hydrogen-bond donors (Lipinski definition) is 7. The molecule has 0 bridgehead atoms. The van der Waals surface area contributed by atoms with Gasteiger partial charge in [0.2, 0.25) is 0 Å². The molecule has 0 aliphatic carbocycles. The molecule has 1 aliphatic heterocycles. The number of aliphatic hydroxyl groups is 4. The van der Waals surface area contributed by atoms with Gasteiger partial charge in [0.15, 0.2) is 6.10 Å². The monoisotopic (exact) mass is 425 g/mol. The van der Waals surface area contributed by atoms with Crippen LogP contribution in [0, 0.1) is 11.8 Å². The highest BCUT2D eigenvalue weighted by Gasteiger charge is 2.35. The van der Waals surface area contributed by atoms with E-state index >= 15 is 0 Å². The van der Waals surface area contributed by atoms with Crippen molar-refractivity contribution in [3.63, 3.8) is 0 Å². The summed E-state index contributed by atoms with van der Waals surface area (Å²) in [6, 6.07) is 3.34. The topological polar surface area (TPSA) is 168 Å². The van der Waals surface area contributed by atoms with Crippen LogP contribution in [0.25, 0.3) is 0 Å². The molecule has 1 fully saturated rings. The van der Waals surface area contributed by atoms with Crippen molar-refractivity contribution in [1.82, 2.24) is 5.32 Å². The van der Waals surface area contributed by atoms with Crippen LogP contribution in [0.15, 0.2) is 18.2 Å². The van der Waals surface area contributed by atoms with E-state index in [0.29, 0.717) is 12.8 Å². The Morgan fingerprint density at radius 1 is 1.13 bits per heavy atom. The van der Waals surface area contributed by atoms with E-state index in [-0.39, 0.29) is 35.8 Å². The number of carboxylic acid groups (broad SMARTS) is 1. The largest absolute Gasteiger partial charge is 0.507 e. The lowest BCUT2D eigenvalue weighted by Gasteiger charge is -2.28. The Labute approximate surface area is 175 Å². The van der Waals surface area contributed by atoms with Gasteiger partial charge >= 0.3 is 5.97 Å². The Kier molecular flexibility index (Phi) is 8.19. The molecule has 1 aliphatic rings. The maximum atomic E-state index is 12.4. The van der Waals surface area contributed by atoms with Crippen LogP contribution in [0.4, 0.5) is 0 Å². The lowest BCUT2D eigenvalue weighted by molar-refractivity contribution is -0.142. The van der Waals surface area contributed by atoms with E-state index in [4.69, 9.17) is 0 Å². The van der Waals surface area contributed by atoms with Crippen molar-refractivity contribution < 1.29 is 40.2 Å². The minimum atomic E-state index is -1.87. The maximum Gasteiger partial charge on any atom is 0.339 e. The minimum Gasteiger partial charge on any atom is -0.507 e. The number of phenols is 1. The number of aliphatic hydroxyl groups excluding tert-OH is 4. The van der Waals surface area contributed by atoms with Gasteiger partial charge in [0, 0.05) is 6.42 Å². The van der Waals surface area contributed by atoms with Crippen molar-refractivity contribution in [3.8, 4) is 5.75 Å². The fourth-order valence-electron chi connectivity index (χ4n) is 4.18. The van der Waals surface area contributed by atoms with Crippen LogP contribution in [0.3, 0.4) is 0 Å². The Bertz CT molecular complexity index is 755. The van der Waals surface area contributed by atoms with Gasteiger partial charge in [-0.15, -0.1) is 0 Å². The zero-order valence-electron chi connectivity index (χ0n) is 17.1. The molecule has 168 valence electrons. The number of aromatic carboxylic acids is 1. The zero-order valence-corrected chi connectivity index (χ0v) is 17.1. The summed E-state index contributed by atoms with van der Waals surface area (Å²) in [5.74, 6) is -2.65. The molecule has 1 amide bonds. The Hall–Kier alpha value is -2.20. The quantitative estimate of drug-likeness (QED) is 0.354. The van der Waals surface area contributed by atoms with E-state index in [1.165, 1.54) is 18.2 Å². The van der Waals surface area contributed by atoms with Crippen molar-refractivity contribution in [3.05, 3.63) is 29.3 Å². The fourth-order valence-corrected chi connectivity index (χ4v) is 4.18. The van der Waals surface area contributed by atoms with Gasteiger partial charge in [-0.2, -0.15) is 0 Å². The van der Waals surface area contributed by atoms with E-state index in [1.807, 2.05) is 13.8 Å². The molecule has 1 aromatic carbocycles. The SMILES string of the molecule is C[C@@H]1C[C@H](C)C[C@@H](O)[C@H](O)[C@@H](O)C(=O)N[C@@H]([C@H](O)Cc2cccc(O)c2C(=O)O)C1. The van der Waals surface area contributed by atoms with Gasteiger partial charge < -0.3 is 36.0 Å². The predicted molar refractivity (Wildman–Crippen MR) is 107 cm³/mol. The van der Waals surface area contributed by atoms with Crippen molar-refractivity contribution in [2.75, 3.05) is 0 Å². The van der Waals surface area contributed by atoms with Crippen LogP contribution in [0.5, 0.6) is 5.75 Å². The van der Waals surface area contributed by atoms with Crippen molar-refractivity contribution in [2.24, 2.45) is 11.8 Å². The zero-order chi connectivity index (χ0) is 22.6. The Morgan fingerprint density at radius 3 is 2.40 bits per heavy atom. The van der Waals surface area contributed by atoms with Crippen LogP contribution in [0.2, 0.25) is 0 Å². The molecule has 0 aromatic heterocycles. The fraction of sp³-hybridized carbons (Fsp3) is 0.619. The molecule has 0 spiro atoms. The average molecular weight is 425 g/mol. The lowest BCUT2D eigenvalue weighted by atomic mass is 9.86. The van der Waals surface area contributed by atoms with Crippen LogP contribution in [-0.2, 0) is 11.2 Å². The molecular formula is C21H31NO8. The van der Waals surface area contributed by atoms with E-state index < -0.39 is 48.1 Å². The second kappa shape index (κ2) is 10.2. The Morgan fingerprint density at radius 2 is 1.77 bits per heavy atom. The summed E-state index contributed by atoms with van der Waals surface area (Å²) in [6.45, 7) is 3.82. The summed E-state index contributed by atoms with van der Waals surface area (Å²) < 4.78 is 0. The molecule has 30 heavy (non-hydrogen) atoms. The summed E-state index contributed by atoms with van der Waals surface area (Å²) >= 11 is 0. The molecule has 1 saturated heterocycles. The normalized spacial score (nSPS) is 32.0. The molecule has 0 radical (unpaired) electrons. The van der Waals surface area contributed by atoms with Crippen LogP contribution < -0.4 is 5.32 Å². The summed E-state index contributed by atoms with van der Waals surface area (Å²) in [7, 11) is 0. The highest BCUT2D eigenvalue weighted by atomic mass is 16.4. The molecule has 0 unspecified atom stereocenters. The van der Waals surface area contributed by atoms with Gasteiger partial charge in [-0.1, -0.05) is 26.0 Å². The van der Waals surface area contributed by atoms with Gasteiger partial charge in [-0.05, 0) is 42.7 Å². The Balaban J connectivity index is 2.28. The van der Waals surface area contributed by atoms with Gasteiger partial charge in [-0.25, -0.2) is 4.79 Å². The molecule has 9 heteroatoms. The number of amides is 1. The van der Waals surface area contributed by atoms with Crippen LogP contribution >= 0.6 is 0 Å². The van der Waals surface area contributed by atoms with Gasteiger partial charge in [0.25, 0.3) is 5.91 Å². The molecular weight excluding hydrogens is 394 g/mol. The number of carboxylic acids is 1. The van der Waals surface area contributed by atoms with Crippen LogP contribution in [0.1, 0.15) is 49.0 Å². The second-order valence-electron chi connectivity index (χ2n) is 8.42. The molecule has 7 N–H and O–H groups in total. The number of benzene rings is 1. The highest BCUT2D eigenvalue weighted by molar-refractivity contribution is 5.92. The van der Waals surface area contributed by atoms with E-state index in [0.717, 1.165) is 0 Å². The van der Waals surface area contributed by atoms with Crippen molar-refractivity contribution in [2.45, 2.75) is 70.0 Å². The van der Waals surface area contributed by atoms with Gasteiger partial charge in [0.1, 0.15) is 17.4 Å². The predicted octanol–water partition coefficient (Wildman–Crippen LogP) is 0.0174. The first-order valence-electron chi connectivity index (χ1n) is 10.1. The average Bonchev–Trinajstić information content (AvgIpc) is 2.65. The van der Waals surface area contributed by atoms with Crippen LogP contribution in [-0.4, -0.2) is 73.0 Å². The summed E-state index contributed by atoms with van der Waals surface area (Å²) in [6.07, 6.45) is -4.93. The first-order chi connectivity index (χ1) is 14.0. The maximum absolute atomic E-state index is 12.4. The van der Waals surface area contributed by atoms with Gasteiger partial charge in [0.05, 0.1) is 18.2 Å². The third-order valence-electron chi connectivity index (χ3n) is 5.66. The number of nitrogens with one attached hydrogen (secondary N) is 1. The molecule has 1 aromatic rings. The third-order valence-corrected chi connectivity index (χ3v) is 5.66. The molecule has 9 nitrogen and oxygen atoms in total. The number of carbonyl (C=O) groups excluding carboxylic acids is 1. The molecule has 7 atom stereocenters. The van der Waals surface area contributed by atoms with E-state index in [1.54, 1.807) is 0 Å². The first-order valence-corrected chi connectivity index (χ1v) is 10.1. The van der Waals surface area contributed by atoms with E-state index in [9.17, 15) is 40.2 Å². The number of rotatable bonds is 4. The second-order valence-corrected chi connectivity index (χ2v) is 8.42. The number of carbonyl (C=O) groups is 2. The standard InChI is InChI=1S/C21H31NO8/c1-10-6-11(2)8-16(25)18(26)19(27)20(28)22-13(7-10)15(24)9-12-4-3-5-14(23)17(12)21(29)30/h3-5,10-11,13,15-16,18-19,23-27H,6-9H2,1-2H3,(H,22,28)(H,29,30)/t10-,11+,13-,15-,16-,18+,19-/m1/s1. The van der Waals surface area contributed by atoms with Crippen molar-refractivity contribution in [1.29, 1.82) is 0 Å². The number of aromatic hydroxyl groups is 1.